The van der Waals surface area contributed by atoms with Gasteiger partial charge < -0.3 is 19.2 Å². The van der Waals surface area contributed by atoms with E-state index in [0.29, 0.717) is 13.0 Å². The topological polar surface area (TPSA) is 113 Å². The molecule has 0 unspecified atom stereocenters. The van der Waals surface area contributed by atoms with Crippen LogP contribution in [0.2, 0.25) is 0 Å². The van der Waals surface area contributed by atoms with Gasteiger partial charge in [-0.2, -0.15) is 0 Å². The second-order valence-corrected chi connectivity index (χ2v) is 6.91. The molecule has 9 nitrogen and oxygen atoms in total. The van der Waals surface area contributed by atoms with Crippen LogP contribution in [0.3, 0.4) is 0 Å². The number of nitrogens with one attached hydrogen (secondary N) is 1. The largest absolute Gasteiger partial charge is 0.493 e. The van der Waals surface area contributed by atoms with Crippen molar-refractivity contribution >= 4 is 23.0 Å². The zero-order valence-electron chi connectivity index (χ0n) is 16.6. The van der Waals surface area contributed by atoms with Crippen molar-refractivity contribution in [3.63, 3.8) is 0 Å². The summed E-state index contributed by atoms with van der Waals surface area (Å²) < 4.78 is 17.2. The number of fused-ring (bicyclic) bond motifs is 2. The average Bonchev–Trinajstić information content (AvgIpc) is 3.07. The van der Waals surface area contributed by atoms with Crippen LogP contribution in [-0.2, 0) is 16.1 Å². The zero-order valence-corrected chi connectivity index (χ0v) is 16.6. The first kappa shape index (κ1) is 19.7. The van der Waals surface area contributed by atoms with Gasteiger partial charge in [-0.3, -0.25) is 14.2 Å². The molecule has 2 aromatic heterocycles. The fraction of sp³-hybridized carbons (Fsp3) is 0.333. The van der Waals surface area contributed by atoms with E-state index in [2.05, 4.69) is 10.3 Å². The van der Waals surface area contributed by atoms with Crippen LogP contribution in [0, 0.1) is 6.92 Å². The van der Waals surface area contributed by atoms with Crippen molar-refractivity contribution in [1.82, 2.24) is 14.9 Å². The number of carbonyl (C=O) groups is 2. The molecule has 0 aliphatic carbocycles. The molecule has 0 saturated heterocycles. The second kappa shape index (κ2) is 8.02. The van der Waals surface area contributed by atoms with Crippen molar-refractivity contribution in [2.45, 2.75) is 32.9 Å². The Morgan fingerprint density at radius 2 is 2.13 bits per heavy atom. The lowest BCUT2D eigenvalue weighted by molar-refractivity contribution is -0.122. The van der Waals surface area contributed by atoms with Crippen molar-refractivity contribution < 1.29 is 23.5 Å². The molecule has 30 heavy (non-hydrogen) atoms. The fourth-order valence-corrected chi connectivity index (χ4v) is 3.59. The summed E-state index contributed by atoms with van der Waals surface area (Å²) in [5.41, 5.74) is 0.434. The van der Waals surface area contributed by atoms with Crippen LogP contribution < -0.4 is 15.6 Å². The van der Waals surface area contributed by atoms with Gasteiger partial charge >= 0.3 is 5.97 Å². The number of furan rings is 1. The Labute approximate surface area is 171 Å². The highest BCUT2D eigenvalue weighted by molar-refractivity contribution is 6.03. The van der Waals surface area contributed by atoms with Gasteiger partial charge in [-0.15, -0.1) is 0 Å². The number of hydrogen-bond donors (Lipinski definition) is 1. The van der Waals surface area contributed by atoms with Crippen molar-refractivity contribution in [1.29, 1.82) is 0 Å². The highest BCUT2D eigenvalue weighted by Gasteiger charge is 2.25. The maximum absolute atomic E-state index is 13.0. The molecule has 1 aliphatic rings. The molecule has 0 radical (unpaired) electrons. The first-order chi connectivity index (χ1) is 14.5. The third-order valence-corrected chi connectivity index (χ3v) is 4.94. The third kappa shape index (κ3) is 3.54. The number of ether oxygens (including phenoxy) is 2. The fourth-order valence-electron chi connectivity index (χ4n) is 3.59. The molecule has 1 amide bonds. The number of aryl methyl sites for hydroxylation is 1. The van der Waals surface area contributed by atoms with Gasteiger partial charge in [0, 0.05) is 12.0 Å². The summed E-state index contributed by atoms with van der Waals surface area (Å²) in [6.45, 7) is 3.65. The van der Waals surface area contributed by atoms with E-state index in [1.807, 2.05) is 24.3 Å². The lowest BCUT2D eigenvalue weighted by Gasteiger charge is -2.26. The summed E-state index contributed by atoms with van der Waals surface area (Å²) in [6, 6.07) is 7.30. The minimum absolute atomic E-state index is 0.0117. The number of benzene rings is 1. The maximum atomic E-state index is 13.0. The predicted octanol–water partition coefficient (Wildman–Crippen LogP) is 2.11. The minimum Gasteiger partial charge on any atom is -0.493 e. The molecular weight excluding hydrogens is 390 g/mol. The monoisotopic (exact) mass is 411 g/mol. The normalized spacial score (nSPS) is 15.3. The molecule has 0 spiro atoms. The van der Waals surface area contributed by atoms with Gasteiger partial charge in [0.05, 0.1) is 19.3 Å². The van der Waals surface area contributed by atoms with Gasteiger partial charge in [0.1, 0.15) is 35.3 Å². The minimum atomic E-state index is -0.659. The van der Waals surface area contributed by atoms with Crippen LogP contribution >= 0.6 is 0 Å². The molecule has 1 aliphatic heterocycles. The van der Waals surface area contributed by atoms with Crippen molar-refractivity contribution in [2.75, 3.05) is 13.2 Å². The molecule has 4 rings (SSSR count). The molecule has 1 aromatic carbocycles. The number of carbonyl (C=O) groups excluding carboxylic acids is 2. The number of nitrogens with zero attached hydrogens (tertiary/aromatic N) is 2. The van der Waals surface area contributed by atoms with E-state index in [-0.39, 0.29) is 47.5 Å². The smallest absolute Gasteiger partial charge is 0.342 e. The Hall–Kier alpha value is -3.62. The van der Waals surface area contributed by atoms with Crippen LogP contribution in [0.1, 0.15) is 41.1 Å². The van der Waals surface area contributed by atoms with Crippen LogP contribution in [0.25, 0.3) is 11.1 Å². The summed E-state index contributed by atoms with van der Waals surface area (Å²) in [7, 11) is 0. The number of rotatable bonds is 5. The molecule has 1 atom stereocenters. The summed E-state index contributed by atoms with van der Waals surface area (Å²) in [6.07, 6.45) is 1.86. The van der Waals surface area contributed by atoms with Crippen molar-refractivity contribution in [3.8, 4) is 5.75 Å². The number of hydrogen-bond acceptors (Lipinski definition) is 7. The molecule has 0 bridgehead atoms. The molecule has 3 heterocycles. The van der Waals surface area contributed by atoms with Crippen LogP contribution in [-0.4, -0.2) is 34.6 Å². The van der Waals surface area contributed by atoms with Crippen molar-refractivity contribution in [3.05, 3.63) is 57.8 Å². The predicted molar refractivity (Wildman–Crippen MR) is 106 cm³/mol. The van der Waals surface area contributed by atoms with E-state index in [1.165, 1.54) is 6.33 Å². The first-order valence-electron chi connectivity index (χ1n) is 9.66. The van der Waals surface area contributed by atoms with Gasteiger partial charge in [0.25, 0.3) is 5.56 Å². The average molecular weight is 411 g/mol. The summed E-state index contributed by atoms with van der Waals surface area (Å²) in [5.74, 6) is -0.0252. The first-order valence-corrected chi connectivity index (χ1v) is 9.66. The highest BCUT2D eigenvalue weighted by atomic mass is 16.5. The van der Waals surface area contributed by atoms with E-state index < -0.39 is 11.5 Å². The van der Waals surface area contributed by atoms with Crippen LogP contribution in [0.4, 0.5) is 0 Å². The SMILES string of the molecule is CCOC(=O)c1c(C)oc2ncn(CC(=O)N[C@@H]3CCOc4ccccc43)c(=O)c12. The molecule has 9 heteroatoms. The van der Waals surface area contributed by atoms with E-state index >= 15 is 0 Å². The summed E-state index contributed by atoms with van der Waals surface area (Å²) in [4.78, 5) is 42.0. The van der Waals surface area contributed by atoms with Gasteiger partial charge in [-0.05, 0) is 19.9 Å². The Morgan fingerprint density at radius 3 is 2.93 bits per heavy atom. The molecule has 0 saturated carbocycles. The van der Waals surface area contributed by atoms with Gasteiger partial charge in [-0.25, -0.2) is 9.78 Å². The molecule has 0 fully saturated rings. The Bertz CT molecular complexity index is 1180. The molecule has 3 aromatic rings. The zero-order chi connectivity index (χ0) is 21.3. The molecule has 1 N–H and O–H groups in total. The number of para-hydroxylation sites is 1. The maximum Gasteiger partial charge on any atom is 0.342 e. The summed E-state index contributed by atoms with van der Waals surface area (Å²) >= 11 is 0. The quantitative estimate of drug-likeness (QED) is 0.640. The summed E-state index contributed by atoms with van der Waals surface area (Å²) in [5, 5.41) is 2.95. The number of esters is 1. The molecule has 156 valence electrons. The lowest BCUT2D eigenvalue weighted by atomic mass is 10.0. The highest BCUT2D eigenvalue weighted by Crippen LogP contribution is 2.31. The Morgan fingerprint density at radius 1 is 1.33 bits per heavy atom. The Balaban J connectivity index is 1.59. The van der Waals surface area contributed by atoms with E-state index in [9.17, 15) is 14.4 Å². The van der Waals surface area contributed by atoms with Gasteiger partial charge in [0.2, 0.25) is 11.6 Å². The number of aromatic nitrogens is 2. The third-order valence-electron chi connectivity index (χ3n) is 4.94. The van der Waals surface area contributed by atoms with Crippen molar-refractivity contribution in [2.24, 2.45) is 0 Å². The molecular formula is C21H21N3O6. The van der Waals surface area contributed by atoms with E-state index in [1.54, 1.807) is 13.8 Å². The second-order valence-electron chi connectivity index (χ2n) is 6.91. The Kier molecular flexibility index (Phi) is 5.26. The lowest BCUT2D eigenvalue weighted by Crippen LogP contribution is -2.36. The number of amides is 1. The van der Waals surface area contributed by atoms with E-state index in [0.717, 1.165) is 15.9 Å². The van der Waals surface area contributed by atoms with Crippen LogP contribution in [0.5, 0.6) is 5.75 Å². The van der Waals surface area contributed by atoms with Gasteiger partial charge in [0.15, 0.2) is 0 Å². The standard InChI is InChI=1S/C21H21N3O6/c1-3-28-21(27)17-12(2)30-19-18(17)20(26)24(11-22-19)10-16(25)23-14-8-9-29-15-7-5-4-6-13(14)15/h4-7,11,14H,3,8-10H2,1-2H3,(H,23,25)/t14-/m1/s1. The van der Waals surface area contributed by atoms with Gasteiger partial charge in [-0.1, -0.05) is 18.2 Å². The van der Waals surface area contributed by atoms with E-state index in [4.69, 9.17) is 13.9 Å². The van der Waals surface area contributed by atoms with Crippen LogP contribution in [0.15, 0.2) is 39.8 Å².